The highest BCUT2D eigenvalue weighted by Gasteiger charge is 2.47. The molecule has 1 aliphatic heterocycles. The summed E-state index contributed by atoms with van der Waals surface area (Å²) >= 11 is 12.1. The third-order valence-corrected chi connectivity index (χ3v) is 5.81. The Morgan fingerprint density at radius 2 is 1.76 bits per heavy atom. The molecule has 33 heavy (non-hydrogen) atoms. The van der Waals surface area contributed by atoms with Crippen molar-refractivity contribution in [1.29, 1.82) is 0 Å². The maximum absolute atomic E-state index is 13.2. The van der Waals surface area contributed by atoms with Crippen molar-refractivity contribution in [3.05, 3.63) is 93.5 Å². The van der Waals surface area contributed by atoms with Crippen LogP contribution in [0.3, 0.4) is 0 Å². The minimum absolute atomic E-state index is 0.0486. The lowest BCUT2D eigenvalue weighted by atomic mass is 9.95. The summed E-state index contributed by atoms with van der Waals surface area (Å²) in [4.78, 5) is 27.6. The molecule has 1 aliphatic rings. The van der Waals surface area contributed by atoms with Gasteiger partial charge in [0.1, 0.15) is 17.3 Å². The molecule has 1 fully saturated rings. The van der Waals surface area contributed by atoms with E-state index in [2.05, 4.69) is 0 Å². The zero-order valence-electron chi connectivity index (χ0n) is 17.5. The van der Waals surface area contributed by atoms with Crippen LogP contribution in [-0.2, 0) is 9.59 Å². The summed E-state index contributed by atoms with van der Waals surface area (Å²) in [5.41, 5.74) is 1.07. The molecule has 0 aliphatic carbocycles. The van der Waals surface area contributed by atoms with Gasteiger partial charge < -0.3 is 14.9 Å². The van der Waals surface area contributed by atoms with Gasteiger partial charge in [-0.25, -0.2) is 0 Å². The molecule has 0 saturated carbocycles. The first-order chi connectivity index (χ1) is 15.8. The second-order valence-electron chi connectivity index (χ2n) is 7.32. The smallest absolute Gasteiger partial charge is 0.300 e. The summed E-state index contributed by atoms with van der Waals surface area (Å²) in [5, 5.41) is 21.6. The second kappa shape index (κ2) is 9.17. The molecule has 4 rings (SSSR count). The van der Waals surface area contributed by atoms with Gasteiger partial charge in [-0.05, 0) is 61.0 Å². The fraction of sp³-hybridized carbons (Fsp3) is 0.120. The highest BCUT2D eigenvalue weighted by atomic mass is 35.5. The normalized spacial score (nSPS) is 17.4. The predicted octanol–water partition coefficient (Wildman–Crippen LogP) is 5.72. The third-order valence-electron chi connectivity index (χ3n) is 5.26. The number of hydrogen-bond donors (Lipinski definition) is 2. The van der Waals surface area contributed by atoms with Crippen LogP contribution in [0.4, 0.5) is 5.69 Å². The molecule has 0 radical (unpaired) electrons. The number of rotatable bonds is 5. The van der Waals surface area contributed by atoms with Crippen molar-refractivity contribution in [2.75, 3.05) is 11.5 Å². The number of aromatic hydroxyl groups is 1. The molecular formula is C25H19Cl2NO5. The number of carbonyl (C=O) groups excluding carboxylic acids is 2. The fourth-order valence-electron chi connectivity index (χ4n) is 3.76. The van der Waals surface area contributed by atoms with Gasteiger partial charge in [-0.15, -0.1) is 0 Å². The van der Waals surface area contributed by atoms with E-state index in [4.69, 9.17) is 27.9 Å². The van der Waals surface area contributed by atoms with Crippen LogP contribution in [-0.4, -0.2) is 28.5 Å². The Labute approximate surface area is 200 Å². The molecule has 3 aromatic carbocycles. The average Bonchev–Trinajstić information content (AvgIpc) is 3.07. The molecule has 1 unspecified atom stereocenters. The first-order valence-corrected chi connectivity index (χ1v) is 10.9. The zero-order valence-corrected chi connectivity index (χ0v) is 19.0. The Kier molecular flexibility index (Phi) is 6.31. The first-order valence-electron chi connectivity index (χ1n) is 10.1. The number of phenols is 1. The minimum atomic E-state index is -0.986. The lowest BCUT2D eigenvalue weighted by Gasteiger charge is -2.25. The Morgan fingerprint density at radius 1 is 1.03 bits per heavy atom. The quantitative estimate of drug-likeness (QED) is 0.275. The van der Waals surface area contributed by atoms with E-state index in [-0.39, 0.29) is 22.1 Å². The largest absolute Gasteiger partial charge is 0.507 e. The first kappa shape index (κ1) is 22.7. The number of Topliss-reactive ketones (excluding diaryl/α,β-unsaturated/α-hetero) is 1. The van der Waals surface area contributed by atoms with Gasteiger partial charge in [-0.1, -0.05) is 41.4 Å². The van der Waals surface area contributed by atoms with E-state index >= 15 is 0 Å². The SMILES string of the molecule is CCOc1cccc(/C(O)=C2/C(=O)C(=O)N(c3ccc(Cl)cc3)C2c2ccc(O)c(Cl)c2)c1. The van der Waals surface area contributed by atoms with Crippen LogP contribution in [0.25, 0.3) is 5.76 Å². The Hall–Kier alpha value is -3.48. The van der Waals surface area contributed by atoms with Crippen molar-refractivity contribution < 1.29 is 24.5 Å². The summed E-state index contributed by atoms with van der Waals surface area (Å²) in [6, 6.07) is 16.4. The number of phenolic OH excluding ortho intramolecular Hbond substituents is 1. The summed E-state index contributed by atoms with van der Waals surface area (Å²) in [5.74, 6) is -1.64. The van der Waals surface area contributed by atoms with Crippen LogP contribution in [0, 0.1) is 0 Å². The number of amides is 1. The van der Waals surface area contributed by atoms with Crippen molar-refractivity contribution in [2.24, 2.45) is 0 Å². The molecule has 8 heteroatoms. The second-order valence-corrected chi connectivity index (χ2v) is 8.16. The summed E-state index contributed by atoms with van der Waals surface area (Å²) < 4.78 is 5.50. The van der Waals surface area contributed by atoms with Gasteiger partial charge in [0, 0.05) is 16.3 Å². The van der Waals surface area contributed by atoms with Gasteiger partial charge in [0.2, 0.25) is 0 Å². The van der Waals surface area contributed by atoms with Crippen molar-refractivity contribution in [3.8, 4) is 11.5 Å². The molecule has 0 aromatic heterocycles. The number of ketones is 1. The Balaban J connectivity index is 1.94. The standard InChI is InChI=1S/C25H19Cl2NO5/c1-2-33-18-5-3-4-15(12-18)23(30)21-22(14-6-11-20(29)19(27)13-14)28(25(32)24(21)31)17-9-7-16(26)8-10-17/h3-13,22,29-30H,2H2,1H3/b23-21-. The van der Waals surface area contributed by atoms with Gasteiger partial charge in [0.15, 0.2) is 0 Å². The number of carbonyl (C=O) groups is 2. The molecular weight excluding hydrogens is 465 g/mol. The average molecular weight is 484 g/mol. The van der Waals surface area contributed by atoms with Crippen LogP contribution in [0.15, 0.2) is 72.3 Å². The van der Waals surface area contributed by atoms with Gasteiger partial charge in [-0.2, -0.15) is 0 Å². The topological polar surface area (TPSA) is 87.1 Å². The number of aliphatic hydroxyl groups is 1. The number of nitrogens with zero attached hydrogens (tertiary/aromatic N) is 1. The van der Waals surface area contributed by atoms with E-state index in [0.29, 0.717) is 34.2 Å². The Morgan fingerprint density at radius 3 is 2.42 bits per heavy atom. The van der Waals surface area contributed by atoms with Gasteiger partial charge >= 0.3 is 0 Å². The van der Waals surface area contributed by atoms with Crippen molar-refractivity contribution in [2.45, 2.75) is 13.0 Å². The van der Waals surface area contributed by atoms with Gasteiger partial charge in [0.05, 0.1) is 23.2 Å². The van der Waals surface area contributed by atoms with Crippen molar-refractivity contribution >= 4 is 46.3 Å². The summed E-state index contributed by atoms with van der Waals surface area (Å²) in [7, 11) is 0. The summed E-state index contributed by atoms with van der Waals surface area (Å²) in [6.45, 7) is 2.26. The van der Waals surface area contributed by atoms with Crippen molar-refractivity contribution in [3.63, 3.8) is 0 Å². The molecule has 1 atom stereocenters. The monoisotopic (exact) mass is 483 g/mol. The minimum Gasteiger partial charge on any atom is -0.507 e. The number of hydrogen-bond acceptors (Lipinski definition) is 5. The fourth-order valence-corrected chi connectivity index (χ4v) is 4.08. The molecule has 6 nitrogen and oxygen atoms in total. The van der Waals surface area contributed by atoms with E-state index in [1.807, 2.05) is 6.92 Å². The predicted molar refractivity (Wildman–Crippen MR) is 127 cm³/mol. The van der Waals surface area contributed by atoms with E-state index < -0.39 is 17.7 Å². The van der Waals surface area contributed by atoms with E-state index in [9.17, 15) is 19.8 Å². The number of aliphatic hydroxyl groups excluding tert-OH is 1. The third kappa shape index (κ3) is 4.27. The lowest BCUT2D eigenvalue weighted by molar-refractivity contribution is -0.132. The molecule has 3 aromatic rings. The molecule has 1 heterocycles. The number of benzene rings is 3. The molecule has 1 saturated heterocycles. The number of ether oxygens (including phenoxy) is 1. The number of anilines is 1. The van der Waals surface area contributed by atoms with Crippen molar-refractivity contribution in [1.82, 2.24) is 0 Å². The molecule has 1 amide bonds. The van der Waals surface area contributed by atoms with E-state index in [1.165, 1.54) is 17.0 Å². The maximum Gasteiger partial charge on any atom is 0.300 e. The molecule has 0 spiro atoms. The Bertz CT molecular complexity index is 1270. The van der Waals surface area contributed by atoms with Crippen LogP contribution in [0.2, 0.25) is 10.0 Å². The maximum atomic E-state index is 13.2. The van der Waals surface area contributed by atoms with E-state index in [1.54, 1.807) is 54.6 Å². The van der Waals surface area contributed by atoms with Crippen LogP contribution < -0.4 is 9.64 Å². The molecule has 168 valence electrons. The van der Waals surface area contributed by atoms with Gasteiger partial charge in [-0.3, -0.25) is 14.5 Å². The van der Waals surface area contributed by atoms with Crippen LogP contribution in [0.1, 0.15) is 24.1 Å². The molecule has 2 N–H and O–H groups in total. The summed E-state index contributed by atoms with van der Waals surface area (Å²) in [6.07, 6.45) is 0. The van der Waals surface area contributed by atoms with Crippen LogP contribution in [0.5, 0.6) is 11.5 Å². The number of halogens is 2. The van der Waals surface area contributed by atoms with Gasteiger partial charge in [0.25, 0.3) is 11.7 Å². The lowest BCUT2D eigenvalue weighted by Crippen LogP contribution is -2.29. The highest BCUT2D eigenvalue weighted by Crippen LogP contribution is 2.43. The highest BCUT2D eigenvalue weighted by molar-refractivity contribution is 6.51. The van der Waals surface area contributed by atoms with E-state index in [0.717, 1.165) is 0 Å². The molecule has 0 bridgehead atoms. The van der Waals surface area contributed by atoms with Crippen LogP contribution >= 0.6 is 23.2 Å². The zero-order chi connectivity index (χ0) is 23.7.